The van der Waals surface area contributed by atoms with Crippen LogP contribution in [0.25, 0.3) is 10.2 Å². The van der Waals surface area contributed by atoms with E-state index in [1.165, 1.54) is 20.7 Å². The lowest BCUT2D eigenvalue weighted by Gasteiger charge is -2.36. The Kier molecular flexibility index (Phi) is 4.36. The molecule has 1 amide bonds. The van der Waals surface area contributed by atoms with Crippen LogP contribution < -0.4 is 4.90 Å². The van der Waals surface area contributed by atoms with Gasteiger partial charge in [-0.05, 0) is 54.1 Å². The van der Waals surface area contributed by atoms with Crippen molar-refractivity contribution in [3.05, 3.63) is 39.2 Å². The number of rotatable bonds is 2. The van der Waals surface area contributed by atoms with Gasteiger partial charge in [-0.15, -0.1) is 22.7 Å². The second-order valence-electron chi connectivity index (χ2n) is 7.43. The number of amides is 1. The minimum absolute atomic E-state index is 0.142. The van der Waals surface area contributed by atoms with E-state index in [1.54, 1.807) is 17.7 Å². The third kappa shape index (κ3) is 3.02. The number of carbonyl (C=O) groups excluding carboxylic acids is 1. The van der Waals surface area contributed by atoms with E-state index in [0.717, 1.165) is 56.8 Å². The summed E-state index contributed by atoms with van der Waals surface area (Å²) in [5.74, 6) is 1.51. The number of aromatic nitrogens is 2. The van der Waals surface area contributed by atoms with Crippen molar-refractivity contribution in [2.75, 3.05) is 24.5 Å². The Morgan fingerprint density at radius 3 is 2.89 bits per heavy atom. The van der Waals surface area contributed by atoms with Gasteiger partial charge < -0.3 is 9.80 Å². The van der Waals surface area contributed by atoms with Crippen LogP contribution in [0.2, 0.25) is 0 Å². The van der Waals surface area contributed by atoms with Crippen LogP contribution in [0.5, 0.6) is 0 Å². The Bertz CT molecular complexity index is 987. The smallest absolute Gasteiger partial charge is 0.226 e. The molecule has 3 aromatic rings. The van der Waals surface area contributed by atoms with E-state index in [-0.39, 0.29) is 5.92 Å². The number of piperidine rings is 1. The lowest BCUT2D eigenvalue weighted by atomic mass is 9.94. The number of hydrogen-bond donors (Lipinski definition) is 0. The zero-order valence-corrected chi connectivity index (χ0v) is 17.0. The van der Waals surface area contributed by atoms with Gasteiger partial charge in [0.25, 0.3) is 0 Å². The third-order valence-corrected chi connectivity index (χ3v) is 7.88. The van der Waals surface area contributed by atoms with E-state index in [0.29, 0.717) is 5.91 Å². The normalized spacial score (nSPS) is 18.1. The monoisotopic (exact) mass is 398 g/mol. The highest BCUT2D eigenvalue weighted by Crippen LogP contribution is 2.33. The summed E-state index contributed by atoms with van der Waals surface area (Å²) in [6, 6.07) is 2.17. The summed E-state index contributed by atoms with van der Waals surface area (Å²) in [5, 5.41) is 4.29. The Morgan fingerprint density at radius 1 is 1.19 bits per heavy atom. The summed E-state index contributed by atoms with van der Waals surface area (Å²) in [6.07, 6.45) is 4.48. The molecular formula is C20H22N4OS2. The molecule has 0 N–H and O–H groups in total. The Morgan fingerprint density at radius 2 is 2.04 bits per heavy atom. The van der Waals surface area contributed by atoms with Crippen molar-refractivity contribution in [2.45, 2.75) is 32.7 Å². The van der Waals surface area contributed by atoms with Crippen molar-refractivity contribution in [1.29, 1.82) is 0 Å². The van der Waals surface area contributed by atoms with Crippen molar-refractivity contribution in [3.63, 3.8) is 0 Å². The van der Waals surface area contributed by atoms with Gasteiger partial charge in [0.1, 0.15) is 12.1 Å². The average Bonchev–Trinajstić information content (AvgIpc) is 3.33. The van der Waals surface area contributed by atoms with E-state index in [9.17, 15) is 4.79 Å². The maximum absolute atomic E-state index is 13.0. The van der Waals surface area contributed by atoms with Gasteiger partial charge in [0.05, 0.1) is 10.2 Å². The molecular weight excluding hydrogens is 376 g/mol. The van der Waals surface area contributed by atoms with Crippen LogP contribution in [0.4, 0.5) is 5.82 Å². The van der Waals surface area contributed by atoms with Crippen LogP contribution in [0.3, 0.4) is 0 Å². The number of nitrogens with zero attached hydrogens (tertiary/aromatic N) is 4. The van der Waals surface area contributed by atoms with Crippen molar-refractivity contribution in [3.8, 4) is 0 Å². The van der Waals surface area contributed by atoms with Gasteiger partial charge in [-0.2, -0.15) is 0 Å². The molecule has 5 nitrogen and oxygen atoms in total. The Balaban J connectivity index is 1.27. The fourth-order valence-corrected chi connectivity index (χ4v) is 6.12. The van der Waals surface area contributed by atoms with Crippen LogP contribution >= 0.6 is 22.7 Å². The highest BCUT2D eigenvalue weighted by molar-refractivity contribution is 7.18. The SMILES string of the molecule is Cc1csc2c(N3CCC(C(=O)N4CCc5sccc5C4)CC3)ncnc12. The zero-order valence-electron chi connectivity index (χ0n) is 15.4. The van der Waals surface area contributed by atoms with Crippen molar-refractivity contribution < 1.29 is 4.79 Å². The number of anilines is 1. The van der Waals surface area contributed by atoms with Gasteiger partial charge in [-0.1, -0.05) is 0 Å². The summed E-state index contributed by atoms with van der Waals surface area (Å²) in [4.78, 5) is 27.9. The molecule has 1 saturated heterocycles. The molecule has 5 heterocycles. The third-order valence-electron chi connectivity index (χ3n) is 5.78. The Hall–Kier alpha value is -1.99. The maximum atomic E-state index is 13.0. The van der Waals surface area contributed by atoms with E-state index in [1.807, 2.05) is 11.3 Å². The van der Waals surface area contributed by atoms with Gasteiger partial charge in [0.2, 0.25) is 5.91 Å². The highest BCUT2D eigenvalue weighted by Gasteiger charge is 2.31. The first-order chi connectivity index (χ1) is 13.2. The second-order valence-corrected chi connectivity index (χ2v) is 9.31. The molecule has 27 heavy (non-hydrogen) atoms. The Labute approximate surface area is 166 Å². The van der Waals surface area contributed by atoms with E-state index in [2.05, 4.69) is 43.5 Å². The standard InChI is InChI=1S/C20H22N4OS2/c1-13-11-27-18-17(13)21-12-22-19(18)23-6-2-14(3-7-23)20(25)24-8-4-16-15(10-24)5-9-26-16/h5,9,11-12,14H,2-4,6-8,10H2,1H3. The molecule has 0 bridgehead atoms. The predicted molar refractivity (Wildman–Crippen MR) is 111 cm³/mol. The highest BCUT2D eigenvalue weighted by atomic mass is 32.1. The van der Waals surface area contributed by atoms with Crippen LogP contribution in [-0.4, -0.2) is 40.4 Å². The second kappa shape index (κ2) is 6.87. The van der Waals surface area contributed by atoms with Crippen molar-refractivity contribution in [2.24, 2.45) is 5.92 Å². The molecule has 3 aromatic heterocycles. The topological polar surface area (TPSA) is 49.3 Å². The fraction of sp³-hybridized carbons (Fsp3) is 0.450. The molecule has 5 rings (SSSR count). The molecule has 0 spiro atoms. The molecule has 7 heteroatoms. The lowest BCUT2D eigenvalue weighted by Crippen LogP contribution is -2.44. The minimum Gasteiger partial charge on any atom is -0.355 e. The predicted octanol–water partition coefficient (Wildman–Crippen LogP) is 3.86. The van der Waals surface area contributed by atoms with Gasteiger partial charge >= 0.3 is 0 Å². The van der Waals surface area contributed by atoms with Crippen LogP contribution in [0.15, 0.2) is 23.2 Å². The number of carbonyl (C=O) groups is 1. The van der Waals surface area contributed by atoms with Gasteiger partial charge in [-0.3, -0.25) is 4.79 Å². The van der Waals surface area contributed by atoms with Crippen LogP contribution in [0.1, 0.15) is 28.8 Å². The summed E-state index contributed by atoms with van der Waals surface area (Å²) in [7, 11) is 0. The van der Waals surface area contributed by atoms with E-state index >= 15 is 0 Å². The lowest BCUT2D eigenvalue weighted by molar-refractivity contribution is -0.137. The first-order valence-corrected chi connectivity index (χ1v) is 11.2. The van der Waals surface area contributed by atoms with Crippen molar-refractivity contribution in [1.82, 2.24) is 14.9 Å². The summed E-state index contributed by atoms with van der Waals surface area (Å²) in [6.45, 7) is 5.53. The first kappa shape index (κ1) is 17.1. The zero-order chi connectivity index (χ0) is 18.4. The molecule has 1 fully saturated rings. The average molecular weight is 399 g/mol. The number of thiophene rings is 2. The fourth-order valence-electron chi connectivity index (χ4n) is 4.22. The van der Waals surface area contributed by atoms with Crippen molar-refractivity contribution >= 4 is 44.6 Å². The quantitative estimate of drug-likeness (QED) is 0.658. The molecule has 0 aromatic carbocycles. The molecule has 140 valence electrons. The number of aryl methyl sites for hydroxylation is 1. The van der Waals surface area contributed by atoms with Gasteiger partial charge in [-0.25, -0.2) is 9.97 Å². The summed E-state index contributed by atoms with van der Waals surface area (Å²) >= 11 is 3.54. The molecule has 0 atom stereocenters. The first-order valence-electron chi connectivity index (χ1n) is 9.48. The number of hydrogen-bond acceptors (Lipinski definition) is 6. The van der Waals surface area contributed by atoms with Crippen LogP contribution in [0, 0.1) is 12.8 Å². The number of fused-ring (bicyclic) bond motifs is 2. The molecule has 0 aliphatic carbocycles. The maximum Gasteiger partial charge on any atom is 0.226 e. The van der Waals surface area contributed by atoms with E-state index in [4.69, 9.17) is 0 Å². The molecule has 0 radical (unpaired) electrons. The molecule has 2 aliphatic heterocycles. The largest absolute Gasteiger partial charge is 0.355 e. The molecule has 0 saturated carbocycles. The van der Waals surface area contributed by atoms with Gasteiger partial charge in [0, 0.05) is 37.0 Å². The minimum atomic E-state index is 0.142. The molecule has 2 aliphatic rings. The molecule has 0 unspecified atom stereocenters. The van der Waals surface area contributed by atoms with E-state index < -0.39 is 0 Å². The summed E-state index contributed by atoms with van der Waals surface area (Å²) < 4.78 is 1.17. The van der Waals surface area contributed by atoms with Crippen LogP contribution in [-0.2, 0) is 17.8 Å². The summed E-state index contributed by atoms with van der Waals surface area (Å²) in [5.41, 5.74) is 3.61. The van der Waals surface area contributed by atoms with Gasteiger partial charge in [0.15, 0.2) is 0 Å².